The third-order valence-corrected chi connectivity index (χ3v) is 4.40. The average Bonchev–Trinajstić information content (AvgIpc) is 2.65. The Kier molecular flexibility index (Phi) is 6.69. The Morgan fingerprint density at radius 3 is 1.81 bits per heavy atom. The van der Waals surface area contributed by atoms with Gasteiger partial charge in [0.1, 0.15) is 5.82 Å². The van der Waals surface area contributed by atoms with Gasteiger partial charge in [0.05, 0.1) is 0 Å². The summed E-state index contributed by atoms with van der Waals surface area (Å²) in [5.74, 6) is 1.43. The van der Waals surface area contributed by atoms with Crippen LogP contribution in [0.25, 0.3) is 0 Å². The SMILES string of the molecule is Clc1ccc(CCNc2ccnc(NCCc3ccc(Cl)cc3)n2)cc1. The highest BCUT2D eigenvalue weighted by atomic mass is 35.5. The fourth-order valence-corrected chi connectivity index (χ4v) is 2.75. The summed E-state index contributed by atoms with van der Waals surface area (Å²) in [5.41, 5.74) is 2.46. The summed E-state index contributed by atoms with van der Waals surface area (Å²) >= 11 is 11.8. The second-order valence-corrected chi connectivity index (χ2v) is 6.74. The van der Waals surface area contributed by atoms with E-state index in [-0.39, 0.29) is 0 Å². The maximum Gasteiger partial charge on any atom is 0.224 e. The number of nitrogens with one attached hydrogen (secondary N) is 2. The molecule has 2 N–H and O–H groups in total. The third kappa shape index (κ3) is 5.90. The van der Waals surface area contributed by atoms with Gasteiger partial charge in [-0.15, -0.1) is 0 Å². The van der Waals surface area contributed by atoms with Crippen LogP contribution < -0.4 is 10.6 Å². The van der Waals surface area contributed by atoms with E-state index in [0.29, 0.717) is 5.95 Å². The Morgan fingerprint density at radius 2 is 1.23 bits per heavy atom. The molecule has 0 spiro atoms. The van der Waals surface area contributed by atoms with Crippen molar-refractivity contribution in [3.05, 3.63) is 82.0 Å². The smallest absolute Gasteiger partial charge is 0.224 e. The predicted molar refractivity (Wildman–Crippen MR) is 109 cm³/mol. The monoisotopic (exact) mass is 386 g/mol. The van der Waals surface area contributed by atoms with Gasteiger partial charge in [-0.2, -0.15) is 4.98 Å². The zero-order valence-corrected chi connectivity index (χ0v) is 15.8. The van der Waals surface area contributed by atoms with E-state index < -0.39 is 0 Å². The van der Waals surface area contributed by atoms with Crippen molar-refractivity contribution in [1.82, 2.24) is 9.97 Å². The molecule has 0 aliphatic heterocycles. The minimum Gasteiger partial charge on any atom is -0.370 e. The molecule has 1 aromatic heterocycles. The summed E-state index contributed by atoms with van der Waals surface area (Å²) in [5, 5.41) is 8.08. The minimum absolute atomic E-state index is 0.621. The summed E-state index contributed by atoms with van der Waals surface area (Å²) in [4.78, 5) is 8.75. The van der Waals surface area contributed by atoms with Crippen molar-refractivity contribution in [2.75, 3.05) is 23.7 Å². The number of benzene rings is 2. The van der Waals surface area contributed by atoms with Gasteiger partial charge in [-0.1, -0.05) is 47.5 Å². The van der Waals surface area contributed by atoms with Crippen LogP contribution in [0.2, 0.25) is 10.0 Å². The molecule has 134 valence electrons. The van der Waals surface area contributed by atoms with E-state index in [4.69, 9.17) is 23.2 Å². The Morgan fingerprint density at radius 1 is 0.692 bits per heavy atom. The van der Waals surface area contributed by atoms with Gasteiger partial charge in [0.25, 0.3) is 0 Å². The average molecular weight is 387 g/mol. The molecule has 0 unspecified atom stereocenters. The Labute approximate surface area is 163 Å². The van der Waals surface area contributed by atoms with Crippen LogP contribution in [-0.4, -0.2) is 23.1 Å². The van der Waals surface area contributed by atoms with Crippen LogP contribution in [-0.2, 0) is 12.8 Å². The van der Waals surface area contributed by atoms with Gasteiger partial charge in [-0.05, 0) is 54.3 Å². The molecule has 0 fully saturated rings. The van der Waals surface area contributed by atoms with E-state index in [2.05, 4.69) is 20.6 Å². The molecule has 0 aliphatic rings. The van der Waals surface area contributed by atoms with Gasteiger partial charge < -0.3 is 10.6 Å². The molecule has 0 amide bonds. The third-order valence-electron chi connectivity index (χ3n) is 3.90. The fraction of sp³-hybridized carbons (Fsp3) is 0.200. The van der Waals surface area contributed by atoms with Crippen LogP contribution in [0.15, 0.2) is 60.8 Å². The van der Waals surface area contributed by atoms with Crippen LogP contribution in [0, 0.1) is 0 Å². The van der Waals surface area contributed by atoms with Gasteiger partial charge in [-0.3, -0.25) is 0 Å². The zero-order valence-electron chi connectivity index (χ0n) is 14.3. The van der Waals surface area contributed by atoms with Crippen molar-refractivity contribution in [2.24, 2.45) is 0 Å². The van der Waals surface area contributed by atoms with E-state index in [9.17, 15) is 0 Å². The van der Waals surface area contributed by atoms with E-state index in [0.717, 1.165) is 41.8 Å². The van der Waals surface area contributed by atoms with E-state index in [1.54, 1.807) is 6.20 Å². The maximum atomic E-state index is 5.90. The molecule has 3 rings (SSSR count). The molecule has 1 heterocycles. The van der Waals surface area contributed by atoms with Crippen molar-refractivity contribution in [3.63, 3.8) is 0 Å². The standard InChI is InChI=1S/C20H20Cl2N4/c21-17-5-1-15(2-6-17)9-12-23-19-11-14-25-20(26-19)24-13-10-16-3-7-18(22)8-4-16/h1-8,11,14H,9-10,12-13H2,(H2,23,24,25,26). The lowest BCUT2D eigenvalue weighted by molar-refractivity contribution is 0.970. The topological polar surface area (TPSA) is 49.8 Å². The summed E-state index contributed by atoms with van der Waals surface area (Å²) in [7, 11) is 0. The molecular weight excluding hydrogens is 367 g/mol. The Balaban J connectivity index is 1.45. The first-order valence-electron chi connectivity index (χ1n) is 8.49. The molecule has 26 heavy (non-hydrogen) atoms. The van der Waals surface area contributed by atoms with Gasteiger partial charge in [0, 0.05) is 29.3 Å². The van der Waals surface area contributed by atoms with Crippen LogP contribution in [0.5, 0.6) is 0 Å². The summed E-state index contributed by atoms with van der Waals surface area (Å²) in [6.45, 7) is 1.55. The Hall–Kier alpha value is -2.30. The lowest BCUT2D eigenvalue weighted by Gasteiger charge is -2.09. The molecule has 0 bridgehead atoms. The highest BCUT2D eigenvalue weighted by Gasteiger charge is 2.00. The molecule has 0 saturated heterocycles. The summed E-state index contributed by atoms with van der Waals surface area (Å²) < 4.78 is 0. The largest absolute Gasteiger partial charge is 0.370 e. The molecule has 0 saturated carbocycles. The zero-order chi connectivity index (χ0) is 18.2. The highest BCUT2D eigenvalue weighted by molar-refractivity contribution is 6.30. The first kappa shape index (κ1) is 18.5. The number of hydrogen-bond acceptors (Lipinski definition) is 4. The second-order valence-electron chi connectivity index (χ2n) is 5.87. The first-order chi connectivity index (χ1) is 12.7. The fourth-order valence-electron chi connectivity index (χ4n) is 2.50. The van der Waals surface area contributed by atoms with Gasteiger partial charge in [0.2, 0.25) is 5.95 Å². The van der Waals surface area contributed by atoms with Gasteiger partial charge >= 0.3 is 0 Å². The van der Waals surface area contributed by atoms with Crippen molar-refractivity contribution in [2.45, 2.75) is 12.8 Å². The quantitative estimate of drug-likeness (QED) is 0.565. The number of hydrogen-bond donors (Lipinski definition) is 2. The molecule has 4 nitrogen and oxygen atoms in total. The number of aromatic nitrogens is 2. The second kappa shape index (κ2) is 9.41. The van der Waals surface area contributed by atoms with E-state index in [1.807, 2.05) is 54.6 Å². The van der Waals surface area contributed by atoms with E-state index in [1.165, 1.54) is 11.1 Å². The molecule has 3 aromatic rings. The molecule has 0 atom stereocenters. The summed E-state index contributed by atoms with van der Waals surface area (Å²) in [6.07, 6.45) is 3.54. The van der Waals surface area contributed by atoms with Crippen molar-refractivity contribution >= 4 is 35.0 Å². The van der Waals surface area contributed by atoms with Crippen LogP contribution >= 0.6 is 23.2 Å². The van der Waals surface area contributed by atoms with Crippen molar-refractivity contribution in [3.8, 4) is 0 Å². The molecule has 6 heteroatoms. The number of anilines is 2. The van der Waals surface area contributed by atoms with Gasteiger partial charge in [-0.25, -0.2) is 4.98 Å². The Bertz CT molecular complexity index is 753. The lowest BCUT2D eigenvalue weighted by atomic mass is 10.1. The number of halogens is 2. The van der Waals surface area contributed by atoms with Gasteiger partial charge in [0.15, 0.2) is 0 Å². The molecule has 0 aliphatic carbocycles. The number of nitrogens with zero attached hydrogens (tertiary/aromatic N) is 2. The van der Waals surface area contributed by atoms with Crippen LogP contribution in [0.3, 0.4) is 0 Å². The maximum absolute atomic E-state index is 5.90. The van der Waals surface area contributed by atoms with Crippen LogP contribution in [0.4, 0.5) is 11.8 Å². The predicted octanol–water partition coefficient (Wildman–Crippen LogP) is 5.09. The summed E-state index contributed by atoms with van der Waals surface area (Å²) in [6, 6.07) is 17.6. The van der Waals surface area contributed by atoms with Crippen molar-refractivity contribution in [1.29, 1.82) is 0 Å². The molecule has 0 radical (unpaired) electrons. The van der Waals surface area contributed by atoms with Crippen molar-refractivity contribution < 1.29 is 0 Å². The van der Waals surface area contributed by atoms with Crippen LogP contribution in [0.1, 0.15) is 11.1 Å². The minimum atomic E-state index is 0.621. The first-order valence-corrected chi connectivity index (χ1v) is 9.24. The normalized spacial score (nSPS) is 10.5. The number of rotatable bonds is 8. The molecular formula is C20H20Cl2N4. The molecule has 2 aromatic carbocycles. The lowest BCUT2D eigenvalue weighted by Crippen LogP contribution is -2.11. The highest BCUT2D eigenvalue weighted by Crippen LogP contribution is 2.12. The van der Waals surface area contributed by atoms with E-state index >= 15 is 0 Å².